The van der Waals surface area contributed by atoms with Crippen LogP contribution in [-0.4, -0.2) is 31.4 Å². The molecule has 0 aromatic carbocycles. The summed E-state index contributed by atoms with van der Waals surface area (Å²) in [6.07, 6.45) is 1.59. The lowest BCUT2D eigenvalue weighted by atomic mass is 10.2. The number of hydrogen-bond donors (Lipinski definition) is 2. The highest BCUT2D eigenvalue weighted by Gasteiger charge is 2.12. The maximum absolute atomic E-state index is 12.1. The van der Waals surface area contributed by atoms with Crippen LogP contribution in [0.5, 0.6) is 0 Å². The van der Waals surface area contributed by atoms with Crippen LogP contribution in [0.25, 0.3) is 0 Å². The second-order valence-corrected chi connectivity index (χ2v) is 6.58. The van der Waals surface area contributed by atoms with Crippen molar-refractivity contribution in [3.8, 4) is 0 Å². The quantitative estimate of drug-likeness (QED) is 0.626. The van der Waals surface area contributed by atoms with Crippen LogP contribution in [0.2, 0.25) is 0 Å². The summed E-state index contributed by atoms with van der Waals surface area (Å²) in [6.45, 7) is 6.42. The zero-order chi connectivity index (χ0) is 16.1. The number of nitrogens with zero attached hydrogens (tertiary/aromatic N) is 3. The molecule has 0 aliphatic heterocycles. The largest absolute Gasteiger partial charge is 0.345 e. The van der Waals surface area contributed by atoms with E-state index in [1.807, 2.05) is 24.5 Å². The van der Waals surface area contributed by atoms with Crippen molar-refractivity contribution in [3.05, 3.63) is 34.5 Å². The zero-order valence-corrected chi connectivity index (χ0v) is 14.4. The van der Waals surface area contributed by atoms with E-state index in [0.29, 0.717) is 22.7 Å². The van der Waals surface area contributed by atoms with E-state index in [4.69, 9.17) is 12.2 Å². The number of rotatable bonds is 6. The van der Waals surface area contributed by atoms with E-state index in [9.17, 15) is 4.79 Å². The Hall–Kier alpha value is -1.67. The number of carbonyl (C=O) groups is 1. The molecule has 2 rings (SSSR count). The summed E-state index contributed by atoms with van der Waals surface area (Å²) in [6, 6.07) is 3.82. The van der Waals surface area contributed by atoms with Gasteiger partial charge in [-0.2, -0.15) is 5.10 Å². The van der Waals surface area contributed by atoms with Crippen molar-refractivity contribution in [1.82, 2.24) is 25.1 Å². The van der Waals surface area contributed by atoms with E-state index in [0.717, 1.165) is 10.8 Å². The SMILES string of the molecule is CCSc1ccc(C(=O)NCc2n[nH]c(=S)n2C(C)C)cn1. The number of pyridine rings is 1. The molecule has 118 valence electrons. The van der Waals surface area contributed by atoms with E-state index < -0.39 is 0 Å². The molecular weight excluding hydrogens is 318 g/mol. The molecule has 0 unspecified atom stereocenters. The van der Waals surface area contributed by atoms with Gasteiger partial charge in [0.15, 0.2) is 10.6 Å². The van der Waals surface area contributed by atoms with Crippen LogP contribution in [0.3, 0.4) is 0 Å². The summed E-state index contributed by atoms with van der Waals surface area (Å²) in [7, 11) is 0. The topological polar surface area (TPSA) is 75.6 Å². The van der Waals surface area contributed by atoms with Gasteiger partial charge in [-0.1, -0.05) is 6.92 Å². The molecule has 2 aromatic rings. The third-order valence-corrected chi connectivity index (χ3v) is 4.11. The molecule has 0 spiro atoms. The fourth-order valence-electron chi connectivity index (χ4n) is 2.00. The van der Waals surface area contributed by atoms with Gasteiger partial charge in [-0.05, 0) is 44.0 Å². The van der Waals surface area contributed by atoms with Gasteiger partial charge in [0, 0.05) is 12.2 Å². The second-order valence-electron chi connectivity index (χ2n) is 4.91. The number of amides is 1. The van der Waals surface area contributed by atoms with Crippen LogP contribution in [0, 0.1) is 4.77 Å². The van der Waals surface area contributed by atoms with Gasteiger partial charge in [-0.15, -0.1) is 11.8 Å². The van der Waals surface area contributed by atoms with Crippen molar-refractivity contribution in [1.29, 1.82) is 0 Å². The summed E-state index contributed by atoms with van der Waals surface area (Å²) in [4.78, 5) is 16.4. The zero-order valence-electron chi connectivity index (χ0n) is 12.8. The summed E-state index contributed by atoms with van der Waals surface area (Å²) < 4.78 is 2.44. The number of H-pyrrole nitrogens is 1. The third-order valence-electron chi connectivity index (χ3n) is 2.99. The van der Waals surface area contributed by atoms with Gasteiger partial charge >= 0.3 is 0 Å². The Morgan fingerprint density at radius 3 is 2.86 bits per heavy atom. The Balaban J connectivity index is 2.02. The molecule has 22 heavy (non-hydrogen) atoms. The minimum Gasteiger partial charge on any atom is -0.345 e. The molecule has 2 N–H and O–H groups in total. The van der Waals surface area contributed by atoms with Gasteiger partial charge in [0.05, 0.1) is 17.1 Å². The summed E-state index contributed by atoms with van der Waals surface area (Å²) >= 11 is 6.82. The predicted octanol–water partition coefficient (Wildman–Crippen LogP) is 2.96. The van der Waals surface area contributed by atoms with Crippen molar-refractivity contribution in [2.45, 2.75) is 38.4 Å². The van der Waals surface area contributed by atoms with Crippen molar-refractivity contribution >= 4 is 29.9 Å². The highest BCUT2D eigenvalue weighted by Crippen LogP contribution is 2.14. The third kappa shape index (κ3) is 3.95. The first-order chi connectivity index (χ1) is 10.5. The number of aromatic nitrogens is 4. The minimum atomic E-state index is -0.176. The van der Waals surface area contributed by atoms with Gasteiger partial charge in [-0.3, -0.25) is 9.89 Å². The first kappa shape index (κ1) is 16.7. The van der Waals surface area contributed by atoms with Gasteiger partial charge < -0.3 is 9.88 Å². The smallest absolute Gasteiger partial charge is 0.253 e. The molecule has 0 aliphatic carbocycles. The fraction of sp³-hybridized carbons (Fsp3) is 0.429. The van der Waals surface area contributed by atoms with E-state index in [-0.39, 0.29) is 11.9 Å². The van der Waals surface area contributed by atoms with Crippen LogP contribution in [0.15, 0.2) is 23.4 Å². The van der Waals surface area contributed by atoms with Crippen molar-refractivity contribution < 1.29 is 4.79 Å². The van der Waals surface area contributed by atoms with Crippen LogP contribution < -0.4 is 5.32 Å². The molecule has 0 saturated carbocycles. The molecule has 0 fully saturated rings. The first-order valence-electron chi connectivity index (χ1n) is 7.05. The standard InChI is InChI=1S/C14H19N5OS2/c1-4-22-12-6-5-10(7-15-12)13(20)16-8-11-17-18-14(21)19(11)9(2)3/h5-7,9H,4,8H2,1-3H3,(H,16,20)(H,18,21). The summed E-state index contributed by atoms with van der Waals surface area (Å²) in [5.41, 5.74) is 0.533. The number of carbonyl (C=O) groups excluding carboxylic acids is 1. The van der Waals surface area contributed by atoms with Gasteiger partial charge in [-0.25, -0.2) is 4.98 Å². The molecule has 0 radical (unpaired) electrons. The summed E-state index contributed by atoms with van der Waals surface area (Å²) in [5, 5.41) is 10.7. The average molecular weight is 337 g/mol. The Morgan fingerprint density at radius 1 is 1.50 bits per heavy atom. The Kier molecular flexibility index (Phi) is 5.73. The highest BCUT2D eigenvalue weighted by atomic mass is 32.2. The number of nitrogens with one attached hydrogen (secondary N) is 2. The maximum Gasteiger partial charge on any atom is 0.253 e. The molecule has 2 aromatic heterocycles. The van der Waals surface area contributed by atoms with Crippen molar-refractivity contribution in [3.63, 3.8) is 0 Å². The van der Waals surface area contributed by atoms with Gasteiger partial charge in [0.2, 0.25) is 0 Å². The molecule has 2 heterocycles. The normalized spacial score (nSPS) is 10.9. The lowest BCUT2D eigenvalue weighted by Crippen LogP contribution is -2.25. The minimum absolute atomic E-state index is 0.176. The molecule has 1 amide bonds. The number of hydrogen-bond acceptors (Lipinski definition) is 5. The Labute approximate surface area is 138 Å². The number of thioether (sulfide) groups is 1. The maximum atomic E-state index is 12.1. The Bertz CT molecular complexity index is 690. The van der Waals surface area contributed by atoms with Crippen LogP contribution in [-0.2, 0) is 6.54 Å². The number of aromatic amines is 1. The van der Waals surface area contributed by atoms with Crippen LogP contribution in [0.1, 0.15) is 43.0 Å². The van der Waals surface area contributed by atoms with E-state index in [1.165, 1.54) is 0 Å². The molecular formula is C14H19N5OS2. The fourth-order valence-corrected chi connectivity index (χ4v) is 2.95. The van der Waals surface area contributed by atoms with E-state index in [2.05, 4.69) is 27.4 Å². The average Bonchev–Trinajstić information content (AvgIpc) is 2.87. The molecule has 0 saturated heterocycles. The highest BCUT2D eigenvalue weighted by molar-refractivity contribution is 7.99. The first-order valence-corrected chi connectivity index (χ1v) is 8.45. The predicted molar refractivity (Wildman–Crippen MR) is 89.6 cm³/mol. The monoisotopic (exact) mass is 337 g/mol. The lowest BCUT2D eigenvalue weighted by molar-refractivity contribution is 0.0948. The van der Waals surface area contributed by atoms with Crippen LogP contribution >= 0.6 is 24.0 Å². The molecule has 0 atom stereocenters. The van der Waals surface area contributed by atoms with Crippen molar-refractivity contribution in [2.75, 3.05) is 5.75 Å². The van der Waals surface area contributed by atoms with Gasteiger partial charge in [0.1, 0.15) is 0 Å². The molecule has 8 heteroatoms. The van der Waals surface area contributed by atoms with Gasteiger partial charge in [0.25, 0.3) is 5.91 Å². The van der Waals surface area contributed by atoms with E-state index in [1.54, 1.807) is 24.0 Å². The molecule has 0 aliphatic rings. The summed E-state index contributed by atoms with van der Waals surface area (Å²) in [5.74, 6) is 1.49. The second kappa shape index (κ2) is 7.55. The van der Waals surface area contributed by atoms with Crippen LogP contribution in [0.4, 0.5) is 0 Å². The Morgan fingerprint density at radius 2 is 2.27 bits per heavy atom. The lowest BCUT2D eigenvalue weighted by Gasteiger charge is -2.11. The molecule has 0 bridgehead atoms. The van der Waals surface area contributed by atoms with Crippen molar-refractivity contribution in [2.24, 2.45) is 0 Å². The van der Waals surface area contributed by atoms with E-state index >= 15 is 0 Å². The molecule has 6 nitrogen and oxygen atoms in total.